The first-order valence-corrected chi connectivity index (χ1v) is 8.24. The molecule has 134 valence electrons. The Kier molecular flexibility index (Phi) is 4.65. The second-order valence-corrected chi connectivity index (χ2v) is 5.63. The van der Waals surface area contributed by atoms with E-state index in [4.69, 9.17) is 13.7 Å². The number of aromatic nitrogens is 2. The molecule has 0 saturated heterocycles. The maximum atomic E-state index is 12.1. The SMILES string of the molecule is O=C(Nc1cccc(-c2noc(COc3ccccc3)n2)c1)c1ccco1. The molecule has 2 aromatic carbocycles. The zero-order chi connectivity index (χ0) is 18.5. The molecule has 1 N–H and O–H groups in total. The molecule has 0 atom stereocenters. The van der Waals surface area contributed by atoms with Crippen molar-refractivity contribution in [1.29, 1.82) is 0 Å². The van der Waals surface area contributed by atoms with Gasteiger partial charge in [-0.3, -0.25) is 4.79 Å². The van der Waals surface area contributed by atoms with Gasteiger partial charge in [0.05, 0.1) is 6.26 Å². The third kappa shape index (κ3) is 4.04. The summed E-state index contributed by atoms with van der Waals surface area (Å²) in [6.07, 6.45) is 1.45. The zero-order valence-electron chi connectivity index (χ0n) is 14.2. The van der Waals surface area contributed by atoms with Gasteiger partial charge in [-0.1, -0.05) is 35.5 Å². The largest absolute Gasteiger partial charge is 0.484 e. The summed E-state index contributed by atoms with van der Waals surface area (Å²) in [7, 11) is 0. The topological polar surface area (TPSA) is 90.4 Å². The monoisotopic (exact) mass is 361 g/mol. The number of hydrogen-bond acceptors (Lipinski definition) is 6. The number of carbonyl (C=O) groups is 1. The summed E-state index contributed by atoms with van der Waals surface area (Å²) in [5.74, 6) is 1.40. The van der Waals surface area contributed by atoms with Crippen LogP contribution in [0.2, 0.25) is 0 Å². The van der Waals surface area contributed by atoms with Crippen molar-refractivity contribution in [2.45, 2.75) is 6.61 Å². The van der Waals surface area contributed by atoms with Crippen LogP contribution in [0.15, 0.2) is 81.9 Å². The van der Waals surface area contributed by atoms with Gasteiger partial charge in [-0.05, 0) is 36.4 Å². The predicted octanol–water partition coefficient (Wildman–Crippen LogP) is 4.16. The number of anilines is 1. The Balaban J connectivity index is 1.44. The van der Waals surface area contributed by atoms with Crippen molar-refractivity contribution in [3.63, 3.8) is 0 Å². The van der Waals surface area contributed by atoms with Gasteiger partial charge in [0.25, 0.3) is 11.8 Å². The third-order valence-corrected chi connectivity index (χ3v) is 3.70. The number of hydrogen-bond donors (Lipinski definition) is 1. The molecule has 0 spiro atoms. The Morgan fingerprint density at radius 3 is 2.74 bits per heavy atom. The van der Waals surface area contributed by atoms with Gasteiger partial charge in [-0.2, -0.15) is 4.98 Å². The average Bonchev–Trinajstić information content (AvgIpc) is 3.40. The number of amides is 1. The van der Waals surface area contributed by atoms with E-state index in [1.807, 2.05) is 36.4 Å². The van der Waals surface area contributed by atoms with E-state index in [-0.39, 0.29) is 18.3 Å². The number of ether oxygens (including phenoxy) is 1. The lowest BCUT2D eigenvalue weighted by atomic mass is 10.2. The van der Waals surface area contributed by atoms with Crippen molar-refractivity contribution in [1.82, 2.24) is 10.1 Å². The third-order valence-electron chi connectivity index (χ3n) is 3.70. The van der Waals surface area contributed by atoms with Gasteiger partial charge in [0.2, 0.25) is 5.82 Å². The van der Waals surface area contributed by atoms with Crippen molar-refractivity contribution < 1.29 is 18.5 Å². The molecule has 0 fully saturated rings. The molecule has 7 nitrogen and oxygen atoms in total. The quantitative estimate of drug-likeness (QED) is 0.554. The number of carbonyl (C=O) groups excluding carboxylic acids is 1. The summed E-state index contributed by atoms with van der Waals surface area (Å²) in [5, 5.41) is 6.74. The Morgan fingerprint density at radius 1 is 1.04 bits per heavy atom. The molecule has 0 bridgehead atoms. The van der Waals surface area contributed by atoms with Crippen LogP contribution in [-0.4, -0.2) is 16.0 Å². The number of nitrogens with one attached hydrogen (secondary N) is 1. The maximum absolute atomic E-state index is 12.1. The Morgan fingerprint density at radius 2 is 1.93 bits per heavy atom. The molecular formula is C20H15N3O4. The van der Waals surface area contributed by atoms with Crippen molar-refractivity contribution in [3.05, 3.63) is 84.6 Å². The van der Waals surface area contributed by atoms with Crippen molar-refractivity contribution in [3.8, 4) is 17.1 Å². The number of nitrogens with zero attached hydrogens (tertiary/aromatic N) is 2. The van der Waals surface area contributed by atoms with E-state index in [2.05, 4.69) is 15.5 Å². The van der Waals surface area contributed by atoms with Gasteiger partial charge in [0.15, 0.2) is 12.4 Å². The van der Waals surface area contributed by atoms with E-state index in [1.165, 1.54) is 6.26 Å². The fraction of sp³-hybridized carbons (Fsp3) is 0.0500. The predicted molar refractivity (Wildman–Crippen MR) is 97.2 cm³/mol. The van der Waals surface area contributed by atoms with Crippen LogP contribution in [0.5, 0.6) is 5.75 Å². The highest BCUT2D eigenvalue weighted by molar-refractivity contribution is 6.02. The molecule has 2 aromatic heterocycles. The first-order valence-electron chi connectivity index (χ1n) is 8.24. The Bertz CT molecular complexity index is 1030. The zero-order valence-corrected chi connectivity index (χ0v) is 14.2. The van der Waals surface area contributed by atoms with Gasteiger partial charge in [0.1, 0.15) is 5.75 Å². The highest BCUT2D eigenvalue weighted by Crippen LogP contribution is 2.21. The van der Waals surface area contributed by atoms with Crippen LogP contribution in [0.3, 0.4) is 0 Å². The van der Waals surface area contributed by atoms with Crippen LogP contribution in [0.25, 0.3) is 11.4 Å². The van der Waals surface area contributed by atoms with E-state index in [0.29, 0.717) is 23.0 Å². The minimum absolute atomic E-state index is 0.173. The molecule has 0 aliphatic carbocycles. The molecule has 0 aliphatic heterocycles. The van der Waals surface area contributed by atoms with Gasteiger partial charge in [-0.25, -0.2) is 0 Å². The first-order chi connectivity index (χ1) is 13.3. The van der Waals surface area contributed by atoms with Crippen LogP contribution < -0.4 is 10.1 Å². The second-order valence-electron chi connectivity index (χ2n) is 5.63. The standard InChI is InChI=1S/C20H15N3O4/c24-20(17-10-5-11-25-17)21-15-7-4-6-14(12-15)19-22-18(27-23-19)13-26-16-8-2-1-3-9-16/h1-12H,13H2,(H,21,24). The lowest BCUT2D eigenvalue weighted by Crippen LogP contribution is -2.10. The molecule has 4 rings (SSSR count). The Labute approximate surface area is 154 Å². The molecule has 0 aliphatic rings. The smallest absolute Gasteiger partial charge is 0.291 e. The molecule has 4 aromatic rings. The van der Waals surface area contributed by atoms with Crippen LogP contribution in [0.1, 0.15) is 16.4 Å². The lowest BCUT2D eigenvalue weighted by Gasteiger charge is -2.04. The van der Waals surface area contributed by atoms with E-state index in [9.17, 15) is 4.79 Å². The molecule has 0 unspecified atom stereocenters. The number of benzene rings is 2. The summed E-state index contributed by atoms with van der Waals surface area (Å²) in [5.41, 5.74) is 1.31. The fourth-order valence-corrected chi connectivity index (χ4v) is 2.43. The number of furan rings is 1. The number of para-hydroxylation sites is 1. The molecule has 2 heterocycles. The molecule has 27 heavy (non-hydrogen) atoms. The minimum atomic E-state index is -0.331. The minimum Gasteiger partial charge on any atom is -0.484 e. The normalized spacial score (nSPS) is 10.5. The van der Waals surface area contributed by atoms with E-state index >= 15 is 0 Å². The molecule has 0 saturated carbocycles. The number of rotatable bonds is 6. The molecule has 1 amide bonds. The molecule has 7 heteroatoms. The summed E-state index contributed by atoms with van der Waals surface area (Å²) >= 11 is 0. The van der Waals surface area contributed by atoms with Crippen LogP contribution in [-0.2, 0) is 6.61 Å². The summed E-state index contributed by atoms with van der Waals surface area (Å²) in [4.78, 5) is 16.4. The van der Waals surface area contributed by atoms with Crippen LogP contribution in [0.4, 0.5) is 5.69 Å². The first kappa shape index (κ1) is 16.6. The average molecular weight is 361 g/mol. The van der Waals surface area contributed by atoms with Crippen molar-refractivity contribution >= 4 is 11.6 Å². The van der Waals surface area contributed by atoms with Crippen molar-refractivity contribution in [2.75, 3.05) is 5.32 Å². The highest BCUT2D eigenvalue weighted by Gasteiger charge is 2.12. The maximum Gasteiger partial charge on any atom is 0.291 e. The summed E-state index contributed by atoms with van der Waals surface area (Å²) < 4.78 is 15.9. The lowest BCUT2D eigenvalue weighted by molar-refractivity contribution is 0.0996. The summed E-state index contributed by atoms with van der Waals surface area (Å²) in [6, 6.07) is 19.8. The van der Waals surface area contributed by atoms with E-state index in [0.717, 1.165) is 5.75 Å². The second kappa shape index (κ2) is 7.57. The molecular weight excluding hydrogens is 346 g/mol. The molecule has 0 radical (unpaired) electrons. The van der Waals surface area contributed by atoms with Gasteiger partial charge in [-0.15, -0.1) is 0 Å². The van der Waals surface area contributed by atoms with Gasteiger partial charge in [0, 0.05) is 11.3 Å². The van der Waals surface area contributed by atoms with Crippen molar-refractivity contribution in [2.24, 2.45) is 0 Å². The van der Waals surface area contributed by atoms with Crippen LogP contribution in [0, 0.1) is 0 Å². The van der Waals surface area contributed by atoms with E-state index in [1.54, 1.807) is 30.3 Å². The van der Waals surface area contributed by atoms with Gasteiger partial charge < -0.3 is 19.0 Å². The highest BCUT2D eigenvalue weighted by atomic mass is 16.5. The fourth-order valence-electron chi connectivity index (χ4n) is 2.43. The Hall–Kier alpha value is -3.87. The summed E-state index contributed by atoms with van der Waals surface area (Å²) in [6.45, 7) is 0.173. The van der Waals surface area contributed by atoms with Gasteiger partial charge >= 0.3 is 0 Å². The van der Waals surface area contributed by atoms with Crippen LogP contribution >= 0.6 is 0 Å². The van der Waals surface area contributed by atoms with E-state index < -0.39 is 0 Å².